The van der Waals surface area contributed by atoms with Gasteiger partial charge in [-0.15, -0.1) is 0 Å². The van der Waals surface area contributed by atoms with Crippen LogP contribution in [-0.4, -0.2) is 34.5 Å². The minimum atomic E-state index is -3.98. The fraction of sp³-hybridized carbons (Fsp3) is 0.208. The van der Waals surface area contributed by atoms with E-state index in [1.165, 1.54) is 19.2 Å². The van der Waals surface area contributed by atoms with E-state index in [4.69, 9.17) is 4.74 Å². The topological polar surface area (TPSA) is 75.7 Å². The number of hydrogen-bond donors (Lipinski definition) is 1. The van der Waals surface area contributed by atoms with Crippen molar-refractivity contribution in [2.24, 2.45) is 0 Å². The van der Waals surface area contributed by atoms with Gasteiger partial charge in [-0.1, -0.05) is 67.6 Å². The Kier molecular flexibility index (Phi) is 7.31. The molecule has 0 aliphatic rings. The zero-order valence-electron chi connectivity index (χ0n) is 17.6. The van der Waals surface area contributed by atoms with Crippen LogP contribution in [0.3, 0.4) is 0 Å². The molecule has 0 bridgehead atoms. The summed E-state index contributed by atoms with van der Waals surface area (Å²) in [5.41, 5.74) is 1.40. The Morgan fingerprint density at radius 3 is 2.16 bits per heavy atom. The normalized spacial score (nSPS) is 12.1. The highest BCUT2D eigenvalue weighted by molar-refractivity contribution is 7.92. The fourth-order valence-corrected chi connectivity index (χ4v) is 4.66. The number of hydrogen-bond acceptors (Lipinski definition) is 4. The van der Waals surface area contributed by atoms with Crippen molar-refractivity contribution in [1.29, 1.82) is 0 Å². The van der Waals surface area contributed by atoms with Gasteiger partial charge in [-0.25, -0.2) is 8.42 Å². The molecule has 0 fully saturated rings. The Labute approximate surface area is 183 Å². The highest BCUT2D eigenvalue weighted by atomic mass is 32.2. The van der Waals surface area contributed by atoms with Crippen molar-refractivity contribution in [2.75, 3.05) is 24.5 Å². The predicted octanol–water partition coefficient (Wildman–Crippen LogP) is 3.81. The molecule has 0 saturated heterocycles. The molecular formula is C24H26N2O4S. The lowest BCUT2D eigenvalue weighted by atomic mass is 10.0. The van der Waals surface area contributed by atoms with Gasteiger partial charge in [0.1, 0.15) is 12.3 Å². The highest BCUT2D eigenvalue weighted by Crippen LogP contribution is 2.32. The number of nitrogens with zero attached hydrogens (tertiary/aromatic N) is 1. The molecule has 31 heavy (non-hydrogen) atoms. The molecule has 3 rings (SSSR count). The average Bonchev–Trinajstić information content (AvgIpc) is 2.82. The fourth-order valence-electron chi connectivity index (χ4n) is 3.21. The van der Waals surface area contributed by atoms with E-state index in [-0.39, 0.29) is 17.4 Å². The minimum absolute atomic E-state index is 0.0931. The number of methoxy groups -OCH3 is 1. The molecule has 0 aliphatic carbocycles. The second-order valence-corrected chi connectivity index (χ2v) is 8.97. The molecule has 6 nitrogen and oxygen atoms in total. The van der Waals surface area contributed by atoms with Crippen molar-refractivity contribution in [3.8, 4) is 5.75 Å². The maximum Gasteiger partial charge on any atom is 0.264 e. The van der Waals surface area contributed by atoms with E-state index >= 15 is 0 Å². The average molecular weight is 439 g/mol. The van der Waals surface area contributed by atoms with Crippen LogP contribution in [0, 0.1) is 0 Å². The first-order valence-electron chi connectivity index (χ1n) is 9.96. The van der Waals surface area contributed by atoms with E-state index in [2.05, 4.69) is 5.32 Å². The molecule has 0 saturated carbocycles. The van der Waals surface area contributed by atoms with Gasteiger partial charge < -0.3 is 10.1 Å². The molecular weight excluding hydrogens is 412 g/mol. The summed E-state index contributed by atoms with van der Waals surface area (Å²) in [6.45, 7) is 2.04. The number of amides is 1. The van der Waals surface area contributed by atoms with Gasteiger partial charge in [-0.3, -0.25) is 9.10 Å². The lowest BCUT2D eigenvalue weighted by Crippen LogP contribution is -2.42. The predicted molar refractivity (Wildman–Crippen MR) is 122 cm³/mol. The number of ether oxygens (including phenoxy) is 1. The summed E-state index contributed by atoms with van der Waals surface area (Å²) in [4.78, 5) is 12.9. The molecule has 0 unspecified atom stereocenters. The summed E-state index contributed by atoms with van der Waals surface area (Å²) in [5.74, 6) is 0.0660. The summed E-state index contributed by atoms with van der Waals surface area (Å²) in [7, 11) is -2.51. The van der Waals surface area contributed by atoms with E-state index < -0.39 is 15.9 Å². The number of benzene rings is 3. The van der Waals surface area contributed by atoms with Crippen LogP contribution >= 0.6 is 0 Å². The molecule has 0 spiro atoms. The summed E-state index contributed by atoms with van der Waals surface area (Å²) in [6, 6.07) is 24.6. The highest BCUT2D eigenvalue weighted by Gasteiger charge is 2.29. The van der Waals surface area contributed by atoms with Crippen LogP contribution in [-0.2, 0) is 14.8 Å². The Morgan fingerprint density at radius 2 is 1.52 bits per heavy atom. The van der Waals surface area contributed by atoms with E-state index in [1.54, 1.807) is 42.5 Å². The smallest absolute Gasteiger partial charge is 0.264 e. The van der Waals surface area contributed by atoms with Gasteiger partial charge in [0.2, 0.25) is 5.91 Å². The van der Waals surface area contributed by atoms with Gasteiger partial charge in [-0.2, -0.15) is 0 Å². The third-order valence-corrected chi connectivity index (χ3v) is 6.72. The van der Waals surface area contributed by atoms with E-state index in [9.17, 15) is 13.2 Å². The van der Waals surface area contributed by atoms with Gasteiger partial charge in [0.15, 0.2) is 0 Å². The summed E-state index contributed by atoms with van der Waals surface area (Å²) in [5, 5.41) is 2.86. The Balaban J connectivity index is 1.84. The maximum absolute atomic E-state index is 13.4. The standard InChI is InChI=1S/C24H26N2O4S/c1-19(20-11-5-3-6-12-20)17-25-24(27)18-26(22-15-9-10-16-23(22)30-2)31(28,29)21-13-7-4-8-14-21/h3-16,19H,17-18H2,1-2H3,(H,25,27)/t19-/m0/s1. The van der Waals surface area contributed by atoms with Crippen LogP contribution < -0.4 is 14.4 Å². The molecule has 0 aliphatic heterocycles. The van der Waals surface area contributed by atoms with Gasteiger partial charge in [-0.05, 0) is 35.7 Å². The number of sulfonamides is 1. The van der Waals surface area contributed by atoms with Gasteiger partial charge >= 0.3 is 0 Å². The lowest BCUT2D eigenvalue weighted by molar-refractivity contribution is -0.119. The molecule has 7 heteroatoms. The zero-order valence-corrected chi connectivity index (χ0v) is 18.4. The number of nitrogens with one attached hydrogen (secondary N) is 1. The first-order chi connectivity index (χ1) is 14.9. The van der Waals surface area contributed by atoms with Crippen molar-refractivity contribution < 1.29 is 17.9 Å². The first kappa shape index (κ1) is 22.4. The Hall–Kier alpha value is -3.32. The SMILES string of the molecule is COc1ccccc1N(CC(=O)NC[C@H](C)c1ccccc1)S(=O)(=O)c1ccccc1. The molecule has 3 aromatic rings. The molecule has 162 valence electrons. The van der Waals surface area contributed by atoms with E-state index in [0.717, 1.165) is 9.87 Å². The number of carbonyl (C=O) groups is 1. The van der Waals surface area contributed by atoms with Crippen LogP contribution in [0.4, 0.5) is 5.69 Å². The number of anilines is 1. The maximum atomic E-state index is 13.4. The number of rotatable bonds is 9. The molecule has 1 amide bonds. The second-order valence-electron chi connectivity index (χ2n) is 7.11. The summed E-state index contributed by atoms with van der Waals surface area (Å²) in [6.07, 6.45) is 0. The molecule has 0 radical (unpaired) electrons. The van der Waals surface area contributed by atoms with Crippen LogP contribution in [0.5, 0.6) is 5.75 Å². The molecule has 3 aromatic carbocycles. The summed E-state index contributed by atoms with van der Waals surface area (Å²) >= 11 is 0. The van der Waals surface area contributed by atoms with Crippen molar-refractivity contribution >= 4 is 21.6 Å². The van der Waals surface area contributed by atoms with Crippen LogP contribution in [0.1, 0.15) is 18.4 Å². The molecule has 1 N–H and O–H groups in total. The Morgan fingerprint density at radius 1 is 0.935 bits per heavy atom. The molecule has 1 atom stereocenters. The monoisotopic (exact) mass is 438 g/mol. The summed E-state index contributed by atoms with van der Waals surface area (Å²) < 4.78 is 33.2. The molecule has 0 aromatic heterocycles. The first-order valence-corrected chi connectivity index (χ1v) is 11.4. The van der Waals surface area contributed by atoms with Crippen LogP contribution in [0.25, 0.3) is 0 Å². The Bertz CT molecular complexity index is 1100. The number of para-hydroxylation sites is 2. The van der Waals surface area contributed by atoms with Crippen molar-refractivity contribution in [1.82, 2.24) is 5.32 Å². The van der Waals surface area contributed by atoms with Crippen molar-refractivity contribution in [3.63, 3.8) is 0 Å². The second kappa shape index (κ2) is 10.1. The lowest BCUT2D eigenvalue weighted by Gasteiger charge is -2.26. The molecule has 0 heterocycles. The largest absolute Gasteiger partial charge is 0.495 e. The van der Waals surface area contributed by atoms with E-state index in [1.807, 2.05) is 37.3 Å². The minimum Gasteiger partial charge on any atom is -0.495 e. The van der Waals surface area contributed by atoms with Gasteiger partial charge in [0.25, 0.3) is 10.0 Å². The van der Waals surface area contributed by atoms with Gasteiger partial charge in [0, 0.05) is 6.54 Å². The third-order valence-electron chi connectivity index (χ3n) is 4.95. The van der Waals surface area contributed by atoms with Gasteiger partial charge in [0.05, 0.1) is 17.7 Å². The van der Waals surface area contributed by atoms with E-state index in [0.29, 0.717) is 18.0 Å². The van der Waals surface area contributed by atoms with Crippen LogP contribution in [0.15, 0.2) is 89.8 Å². The third kappa shape index (κ3) is 5.44. The quantitative estimate of drug-likeness (QED) is 0.551. The number of carbonyl (C=O) groups excluding carboxylic acids is 1. The zero-order chi connectivity index (χ0) is 22.3. The van der Waals surface area contributed by atoms with Crippen molar-refractivity contribution in [2.45, 2.75) is 17.7 Å². The van der Waals surface area contributed by atoms with Crippen molar-refractivity contribution in [3.05, 3.63) is 90.5 Å². The van der Waals surface area contributed by atoms with Crippen LogP contribution in [0.2, 0.25) is 0 Å².